The molecule has 0 aromatic heterocycles. The molecular formula is C20H17F6NO4. The molecule has 0 unspecified atom stereocenters. The number of rotatable bonds is 6. The molecule has 0 fully saturated rings. The van der Waals surface area contributed by atoms with Gasteiger partial charge in [-0.2, -0.15) is 26.3 Å². The van der Waals surface area contributed by atoms with E-state index in [-0.39, 0.29) is 17.5 Å². The Morgan fingerprint density at radius 3 is 2.06 bits per heavy atom. The molecule has 0 spiro atoms. The molecule has 0 heterocycles. The molecule has 2 atom stereocenters. The molecule has 1 amide bonds. The quantitative estimate of drug-likeness (QED) is 0.522. The summed E-state index contributed by atoms with van der Waals surface area (Å²) in [5, 5.41) is 12.3. The second-order valence-corrected chi connectivity index (χ2v) is 6.51. The summed E-state index contributed by atoms with van der Waals surface area (Å²) < 4.78 is 81.0. The zero-order valence-corrected chi connectivity index (χ0v) is 15.9. The minimum atomic E-state index is -4.61. The molecular weight excluding hydrogens is 432 g/mol. The van der Waals surface area contributed by atoms with E-state index < -0.39 is 47.5 Å². The number of methoxy groups -OCH3 is 1. The fourth-order valence-electron chi connectivity index (χ4n) is 2.70. The highest BCUT2D eigenvalue weighted by molar-refractivity contribution is 5.87. The van der Waals surface area contributed by atoms with Gasteiger partial charge in [0.15, 0.2) is 6.10 Å². The van der Waals surface area contributed by atoms with Crippen molar-refractivity contribution in [2.75, 3.05) is 7.11 Å². The molecule has 0 saturated carbocycles. The van der Waals surface area contributed by atoms with E-state index in [9.17, 15) is 41.0 Å². The van der Waals surface area contributed by atoms with E-state index in [0.717, 1.165) is 37.4 Å². The maximum Gasteiger partial charge on any atom is 0.416 e. The standard InChI is InChI=1S/C20H17F6NO4/c1-31-18(30)15(10-11-3-2-4-14(9-11)20(24,25)26)27-17(29)16(28)12-5-7-13(8-6-12)19(21,22)23/h2-9,15-16,28H,10H2,1H3,(H,27,29)/t15-,16-/m1/s1. The van der Waals surface area contributed by atoms with Crippen LogP contribution in [-0.4, -0.2) is 30.1 Å². The average Bonchev–Trinajstić information content (AvgIpc) is 2.71. The lowest BCUT2D eigenvalue weighted by Gasteiger charge is -2.20. The van der Waals surface area contributed by atoms with E-state index >= 15 is 0 Å². The summed E-state index contributed by atoms with van der Waals surface area (Å²) in [7, 11) is 1.000. The lowest BCUT2D eigenvalue weighted by atomic mass is 10.0. The topological polar surface area (TPSA) is 75.6 Å². The van der Waals surface area contributed by atoms with E-state index in [1.54, 1.807) is 0 Å². The summed E-state index contributed by atoms with van der Waals surface area (Å²) >= 11 is 0. The number of hydrogen-bond donors (Lipinski definition) is 2. The number of aliphatic hydroxyl groups excluding tert-OH is 1. The van der Waals surface area contributed by atoms with E-state index in [4.69, 9.17) is 0 Å². The smallest absolute Gasteiger partial charge is 0.416 e. The third-order valence-corrected chi connectivity index (χ3v) is 4.30. The van der Waals surface area contributed by atoms with Gasteiger partial charge in [-0.05, 0) is 29.3 Å². The molecule has 0 aliphatic rings. The molecule has 11 heteroatoms. The van der Waals surface area contributed by atoms with Crippen LogP contribution >= 0.6 is 0 Å². The van der Waals surface area contributed by atoms with E-state index in [1.165, 1.54) is 6.07 Å². The fourth-order valence-corrected chi connectivity index (χ4v) is 2.70. The molecule has 0 radical (unpaired) electrons. The Morgan fingerprint density at radius 2 is 1.55 bits per heavy atom. The van der Waals surface area contributed by atoms with Crippen LogP contribution in [0.3, 0.4) is 0 Å². The van der Waals surface area contributed by atoms with Crippen LogP contribution in [0, 0.1) is 0 Å². The number of nitrogens with one attached hydrogen (secondary N) is 1. The van der Waals surface area contributed by atoms with Crippen molar-refractivity contribution >= 4 is 11.9 Å². The minimum absolute atomic E-state index is 0.0644. The van der Waals surface area contributed by atoms with Crippen molar-refractivity contribution in [3.8, 4) is 0 Å². The van der Waals surface area contributed by atoms with Gasteiger partial charge in [0.2, 0.25) is 0 Å². The number of aliphatic hydroxyl groups is 1. The summed E-state index contributed by atoms with van der Waals surface area (Å²) in [6.45, 7) is 0. The predicted molar refractivity (Wildman–Crippen MR) is 95.5 cm³/mol. The molecule has 0 aliphatic heterocycles. The van der Waals surface area contributed by atoms with Crippen LogP contribution in [0.5, 0.6) is 0 Å². The first kappa shape index (κ1) is 24.2. The van der Waals surface area contributed by atoms with Gasteiger partial charge >= 0.3 is 18.3 Å². The highest BCUT2D eigenvalue weighted by atomic mass is 19.4. The van der Waals surface area contributed by atoms with E-state index in [2.05, 4.69) is 10.1 Å². The summed E-state index contributed by atoms with van der Waals surface area (Å²) in [5.74, 6) is -2.12. The number of ether oxygens (including phenoxy) is 1. The molecule has 2 aromatic carbocycles. The number of amides is 1. The monoisotopic (exact) mass is 449 g/mol. The molecule has 2 N–H and O–H groups in total. The second-order valence-electron chi connectivity index (χ2n) is 6.51. The van der Waals surface area contributed by atoms with Crippen LogP contribution in [0.2, 0.25) is 0 Å². The van der Waals surface area contributed by atoms with Crippen LogP contribution in [0.4, 0.5) is 26.3 Å². The first-order valence-electron chi connectivity index (χ1n) is 8.72. The van der Waals surface area contributed by atoms with Gasteiger partial charge in [-0.25, -0.2) is 4.79 Å². The molecule has 2 rings (SSSR count). The van der Waals surface area contributed by atoms with Crippen LogP contribution < -0.4 is 5.32 Å². The zero-order valence-electron chi connectivity index (χ0n) is 15.9. The molecule has 31 heavy (non-hydrogen) atoms. The van der Waals surface area contributed by atoms with Crippen LogP contribution in [0.1, 0.15) is 28.4 Å². The fraction of sp³-hybridized carbons (Fsp3) is 0.300. The summed E-state index contributed by atoms with van der Waals surface area (Å²) in [6, 6.07) is 5.77. The van der Waals surface area contributed by atoms with E-state index in [1.807, 2.05) is 0 Å². The summed E-state index contributed by atoms with van der Waals surface area (Å²) in [4.78, 5) is 24.3. The summed E-state index contributed by atoms with van der Waals surface area (Å²) in [5.41, 5.74) is -2.05. The molecule has 0 aliphatic carbocycles. The van der Waals surface area contributed by atoms with Crippen LogP contribution in [0.15, 0.2) is 48.5 Å². The number of carbonyl (C=O) groups is 2. The minimum Gasteiger partial charge on any atom is -0.467 e. The number of halogens is 6. The van der Waals surface area contributed by atoms with Crippen molar-refractivity contribution in [1.82, 2.24) is 5.32 Å². The first-order valence-corrected chi connectivity index (χ1v) is 8.72. The number of hydrogen-bond acceptors (Lipinski definition) is 4. The summed E-state index contributed by atoms with van der Waals surface area (Å²) in [6.07, 6.45) is -11.5. The molecule has 2 aromatic rings. The van der Waals surface area contributed by atoms with Crippen molar-refractivity contribution in [2.24, 2.45) is 0 Å². The second kappa shape index (κ2) is 9.38. The van der Waals surface area contributed by atoms with Crippen molar-refractivity contribution < 1.29 is 45.8 Å². The first-order chi connectivity index (χ1) is 14.3. The maximum absolute atomic E-state index is 12.9. The van der Waals surface area contributed by atoms with Gasteiger partial charge in [0, 0.05) is 6.42 Å². The Morgan fingerprint density at radius 1 is 0.968 bits per heavy atom. The number of benzene rings is 2. The third kappa shape index (κ3) is 6.45. The molecule has 5 nitrogen and oxygen atoms in total. The molecule has 0 bridgehead atoms. The lowest BCUT2D eigenvalue weighted by molar-refractivity contribution is -0.146. The normalized spacial score (nSPS) is 13.9. The van der Waals surface area contributed by atoms with Crippen molar-refractivity contribution in [3.63, 3.8) is 0 Å². The van der Waals surface area contributed by atoms with Gasteiger partial charge < -0.3 is 15.2 Å². The highest BCUT2D eigenvalue weighted by Crippen LogP contribution is 2.31. The zero-order chi connectivity index (χ0) is 23.4. The van der Waals surface area contributed by atoms with Gasteiger partial charge in [0.1, 0.15) is 6.04 Å². The number of esters is 1. The Balaban J connectivity index is 2.17. The van der Waals surface area contributed by atoms with Gasteiger partial charge in [-0.3, -0.25) is 4.79 Å². The Bertz CT molecular complexity index is 925. The van der Waals surface area contributed by atoms with Gasteiger partial charge in [-0.1, -0.05) is 30.3 Å². The maximum atomic E-state index is 12.9. The predicted octanol–water partition coefficient (Wildman–Crippen LogP) is 3.66. The average molecular weight is 449 g/mol. The highest BCUT2D eigenvalue weighted by Gasteiger charge is 2.32. The van der Waals surface area contributed by atoms with E-state index in [0.29, 0.717) is 12.1 Å². The van der Waals surface area contributed by atoms with Gasteiger partial charge in [0.25, 0.3) is 5.91 Å². The Kier molecular flexibility index (Phi) is 7.32. The molecule has 168 valence electrons. The Hall–Kier alpha value is -3.08. The lowest BCUT2D eigenvalue weighted by Crippen LogP contribution is -2.45. The SMILES string of the molecule is COC(=O)[C@@H](Cc1cccc(C(F)(F)F)c1)NC(=O)[C@H](O)c1ccc(C(F)(F)F)cc1. The number of alkyl halides is 6. The van der Waals surface area contributed by atoms with Gasteiger partial charge in [0.05, 0.1) is 18.2 Å². The van der Waals surface area contributed by atoms with Crippen LogP contribution in [-0.2, 0) is 33.1 Å². The van der Waals surface area contributed by atoms with Crippen LogP contribution in [0.25, 0.3) is 0 Å². The van der Waals surface area contributed by atoms with Crippen molar-refractivity contribution in [1.29, 1.82) is 0 Å². The largest absolute Gasteiger partial charge is 0.467 e. The third-order valence-electron chi connectivity index (χ3n) is 4.30. The van der Waals surface area contributed by atoms with Crippen molar-refractivity contribution in [2.45, 2.75) is 30.9 Å². The molecule has 0 saturated heterocycles. The van der Waals surface area contributed by atoms with Gasteiger partial charge in [-0.15, -0.1) is 0 Å². The number of carbonyl (C=O) groups excluding carboxylic acids is 2. The Labute approximate surface area is 172 Å². The van der Waals surface area contributed by atoms with Crippen molar-refractivity contribution in [3.05, 3.63) is 70.8 Å².